The van der Waals surface area contributed by atoms with Crippen LogP contribution in [0.15, 0.2) is 18.5 Å². The molecule has 0 spiro atoms. The lowest BCUT2D eigenvalue weighted by molar-refractivity contribution is 0.314. The highest BCUT2D eigenvalue weighted by Crippen LogP contribution is 2.18. The molecule has 0 unspecified atom stereocenters. The van der Waals surface area contributed by atoms with Crippen LogP contribution in [0, 0.1) is 6.92 Å². The molecule has 0 saturated heterocycles. The molecule has 1 aromatic heterocycles. The first-order valence-corrected chi connectivity index (χ1v) is 4.73. The van der Waals surface area contributed by atoms with Crippen molar-refractivity contribution in [2.24, 2.45) is 5.84 Å². The highest BCUT2D eigenvalue weighted by Gasteiger charge is 2.10. The van der Waals surface area contributed by atoms with Crippen LogP contribution in [-0.2, 0) is 0 Å². The standard InChI is InChI=1S/C10H14N4/c1-8-6-10(13-7-12-8)9-2-4-14(11)5-3-9/h2,6-7H,3-5,11H2,1H3. The van der Waals surface area contributed by atoms with Gasteiger partial charge in [-0.1, -0.05) is 6.08 Å². The molecule has 1 aromatic rings. The second-order valence-corrected chi connectivity index (χ2v) is 3.52. The monoisotopic (exact) mass is 190 g/mol. The van der Waals surface area contributed by atoms with E-state index in [0.29, 0.717) is 0 Å². The highest BCUT2D eigenvalue weighted by molar-refractivity contribution is 5.63. The van der Waals surface area contributed by atoms with Gasteiger partial charge in [0, 0.05) is 18.8 Å². The van der Waals surface area contributed by atoms with E-state index >= 15 is 0 Å². The molecule has 2 heterocycles. The van der Waals surface area contributed by atoms with Crippen LogP contribution in [0.4, 0.5) is 0 Å². The number of aromatic nitrogens is 2. The van der Waals surface area contributed by atoms with E-state index in [0.717, 1.165) is 30.9 Å². The summed E-state index contributed by atoms with van der Waals surface area (Å²) < 4.78 is 0. The third-order valence-electron chi connectivity index (χ3n) is 2.37. The minimum atomic E-state index is 0.804. The lowest BCUT2D eigenvalue weighted by atomic mass is 10.1. The number of hydrogen-bond acceptors (Lipinski definition) is 4. The van der Waals surface area contributed by atoms with Crippen molar-refractivity contribution in [3.8, 4) is 0 Å². The van der Waals surface area contributed by atoms with Gasteiger partial charge >= 0.3 is 0 Å². The summed E-state index contributed by atoms with van der Waals surface area (Å²) in [6.07, 6.45) is 4.71. The quantitative estimate of drug-likeness (QED) is 0.664. The molecule has 0 atom stereocenters. The molecular weight excluding hydrogens is 176 g/mol. The zero-order valence-corrected chi connectivity index (χ0v) is 8.27. The van der Waals surface area contributed by atoms with Gasteiger partial charge in [-0.15, -0.1) is 0 Å². The van der Waals surface area contributed by atoms with Gasteiger partial charge in [-0.25, -0.2) is 15.0 Å². The van der Waals surface area contributed by atoms with E-state index in [1.807, 2.05) is 13.0 Å². The van der Waals surface area contributed by atoms with E-state index in [9.17, 15) is 0 Å². The Morgan fingerprint density at radius 3 is 2.93 bits per heavy atom. The summed E-state index contributed by atoms with van der Waals surface area (Å²) in [6, 6.07) is 2.01. The summed E-state index contributed by atoms with van der Waals surface area (Å²) in [6.45, 7) is 3.68. The van der Waals surface area contributed by atoms with E-state index in [1.165, 1.54) is 5.57 Å². The van der Waals surface area contributed by atoms with Gasteiger partial charge in [-0.2, -0.15) is 0 Å². The Kier molecular flexibility index (Phi) is 2.56. The third-order valence-corrected chi connectivity index (χ3v) is 2.37. The van der Waals surface area contributed by atoms with Crippen LogP contribution in [0.25, 0.3) is 5.57 Å². The van der Waals surface area contributed by atoms with Crippen molar-refractivity contribution >= 4 is 5.57 Å². The van der Waals surface area contributed by atoms with Crippen molar-refractivity contribution in [2.45, 2.75) is 13.3 Å². The number of hydrazine groups is 1. The molecule has 0 fully saturated rings. The first-order valence-electron chi connectivity index (χ1n) is 4.73. The van der Waals surface area contributed by atoms with Crippen molar-refractivity contribution in [1.82, 2.24) is 15.0 Å². The van der Waals surface area contributed by atoms with Gasteiger partial charge in [0.15, 0.2) is 0 Å². The van der Waals surface area contributed by atoms with Crippen LogP contribution < -0.4 is 5.84 Å². The summed E-state index contributed by atoms with van der Waals surface area (Å²) in [5.74, 6) is 5.66. The fourth-order valence-corrected chi connectivity index (χ4v) is 1.55. The third kappa shape index (κ3) is 1.97. The van der Waals surface area contributed by atoms with Gasteiger partial charge in [0.1, 0.15) is 6.33 Å². The smallest absolute Gasteiger partial charge is 0.116 e. The molecule has 0 amide bonds. The molecule has 0 aliphatic carbocycles. The van der Waals surface area contributed by atoms with Crippen molar-refractivity contribution in [3.63, 3.8) is 0 Å². The summed E-state index contributed by atoms with van der Waals surface area (Å²) in [4.78, 5) is 8.33. The fraction of sp³-hybridized carbons (Fsp3) is 0.400. The van der Waals surface area contributed by atoms with Gasteiger partial charge in [0.2, 0.25) is 0 Å². The predicted molar refractivity (Wildman–Crippen MR) is 55.1 cm³/mol. The summed E-state index contributed by atoms with van der Waals surface area (Å²) in [5, 5.41) is 1.80. The number of nitrogens with zero attached hydrogens (tertiary/aromatic N) is 3. The molecule has 14 heavy (non-hydrogen) atoms. The van der Waals surface area contributed by atoms with Gasteiger partial charge in [-0.3, -0.25) is 5.84 Å². The van der Waals surface area contributed by atoms with Crippen molar-refractivity contribution in [2.75, 3.05) is 13.1 Å². The van der Waals surface area contributed by atoms with E-state index in [-0.39, 0.29) is 0 Å². The van der Waals surface area contributed by atoms with E-state index in [2.05, 4.69) is 16.0 Å². The maximum Gasteiger partial charge on any atom is 0.116 e. The van der Waals surface area contributed by atoms with Gasteiger partial charge < -0.3 is 0 Å². The summed E-state index contributed by atoms with van der Waals surface area (Å²) in [7, 11) is 0. The number of rotatable bonds is 1. The zero-order valence-electron chi connectivity index (χ0n) is 8.27. The van der Waals surface area contributed by atoms with Crippen LogP contribution in [0.5, 0.6) is 0 Å². The van der Waals surface area contributed by atoms with E-state index in [1.54, 1.807) is 11.3 Å². The van der Waals surface area contributed by atoms with Crippen LogP contribution in [0.1, 0.15) is 17.8 Å². The SMILES string of the molecule is Cc1cc(C2=CCN(N)CC2)ncn1. The van der Waals surface area contributed by atoms with Crippen LogP contribution in [-0.4, -0.2) is 28.1 Å². The molecule has 0 bridgehead atoms. The predicted octanol–water partition coefficient (Wildman–Crippen LogP) is 0.748. The molecule has 0 saturated carbocycles. The average Bonchev–Trinajstić information content (AvgIpc) is 2.19. The molecule has 1 aliphatic rings. The van der Waals surface area contributed by atoms with Crippen LogP contribution in [0.2, 0.25) is 0 Å². The Morgan fingerprint density at radius 2 is 2.29 bits per heavy atom. The normalized spacial score (nSPS) is 18.0. The lowest BCUT2D eigenvalue weighted by Gasteiger charge is -2.21. The van der Waals surface area contributed by atoms with Crippen molar-refractivity contribution in [1.29, 1.82) is 0 Å². The van der Waals surface area contributed by atoms with Crippen LogP contribution in [0.3, 0.4) is 0 Å². The Hall–Kier alpha value is -1.26. The maximum atomic E-state index is 5.66. The summed E-state index contributed by atoms with van der Waals surface area (Å²) in [5.41, 5.74) is 3.31. The molecule has 4 nitrogen and oxygen atoms in total. The first kappa shape index (κ1) is 9.30. The second kappa shape index (κ2) is 3.86. The molecule has 2 rings (SSSR count). The Bertz CT molecular complexity index is 359. The lowest BCUT2D eigenvalue weighted by Crippen LogP contribution is -2.34. The Labute approximate surface area is 83.4 Å². The molecule has 0 aromatic carbocycles. The number of nitrogens with two attached hydrogens (primary N) is 1. The van der Waals surface area contributed by atoms with Gasteiger partial charge in [-0.05, 0) is 25.0 Å². The maximum absolute atomic E-state index is 5.66. The van der Waals surface area contributed by atoms with Crippen molar-refractivity contribution < 1.29 is 0 Å². The number of hydrogen-bond donors (Lipinski definition) is 1. The molecule has 0 radical (unpaired) electrons. The average molecular weight is 190 g/mol. The van der Waals surface area contributed by atoms with Gasteiger partial charge in [0.05, 0.1) is 5.69 Å². The first-order chi connectivity index (χ1) is 6.75. The number of aryl methyl sites for hydroxylation is 1. The second-order valence-electron chi connectivity index (χ2n) is 3.52. The molecule has 74 valence electrons. The topological polar surface area (TPSA) is 55.0 Å². The highest BCUT2D eigenvalue weighted by atomic mass is 15.4. The Balaban J connectivity index is 2.23. The molecule has 4 heteroatoms. The molecule has 1 aliphatic heterocycles. The van der Waals surface area contributed by atoms with E-state index < -0.39 is 0 Å². The fourth-order valence-electron chi connectivity index (χ4n) is 1.55. The van der Waals surface area contributed by atoms with Crippen molar-refractivity contribution in [3.05, 3.63) is 29.9 Å². The van der Waals surface area contributed by atoms with E-state index in [4.69, 9.17) is 5.84 Å². The van der Waals surface area contributed by atoms with Gasteiger partial charge in [0.25, 0.3) is 0 Å². The van der Waals surface area contributed by atoms with Crippen LogP contribution >= 0.6 is 0 Å². The zero-order chi connectivity index (χ0) is 9.97. The molecular formula is C10H14N4. The summed E-state index contributed by atoms with van der Waals surface area (Å²) >= 11 is 0. The molecule has 2 N–H and O–H groups in total. The Morgan fingerprint density at radius 1 is 1.43 bits per heavy atom. The minimum Gasteiger partial charge on any atom is -0.268 e. The minimum absolute atomic E-state index is 0.804. The largest absolute Gasteiger partial charge is 0.268 e.